The minimum absolute atomic E-state index is 0.0295. The van der Waals surface area contributed by atoms with Gasteiger partial charge in [-0.3, -0.25) is 4.90 Å². The van der Waals surface area contributed by atoms with E-state index in [0.29, 0.717) is 11.6 Å². The maximum Gasteiger partial charge on any atom is 0.319 e. The second kappa shape index (κ2) is 12.1. The van der Waals surface area contributed by atoms with Crippen molar-refractivity contribution in [2.24, 2.45) is 0 Å². The van der Waals surface area contributed by atoms with E-state index in [2.05, 4.69) is 23.0 Å². The quantitative estimate of drug-likeness (QED) is 0.183. The van der Waals surface area contributed by atoms with Gasteiger partial charge in [-0.1, -0.05) is 23.7 Å². The van der Waals surface area contributed by atoms with Gasteiger partial charge in [0.1, 0.15) is 46.2 Å². The standard InChI is InChI=1S/C35H35ClF2N8O2S/c1-16-15-47-29-25-28(27(38)24(26(29)36)19-10-11-21(37)30-23(19)20(14-39)32(41)49-30)43-34(48-35(3,4)22-9-7-13-45(22)5)44-33(25)46(16)17(2)18-8-6-12-42-31(18)40/h6,8,10-12,16-17,22H,7,9,13,15,41H2,1-5H3,(H2,40,42)/t16-,17+,22+/m0/s1. The molecule has 7 rings (SSSR count). The van der Waals surface area contributed by atoms with Crippen LogP contribution < -0.4 is 25.8 Å². The molecule has 49 heavy (non-hydrogen) atoms. The first-order valence-electron chi connectivity index (χ1n) is 16.0. The Hall–Kier alpha value is -4.51. The number of nitrogen functional groups attached to an aromatic ring is 2. The highest BCUT2D eigenvalue weighted by Crippen LogP contribution is 2.52. The number of fused-ring (bicyclic) bond motifs is 1. The Morgan fingerprint density at radius 3 is 2.67 bits per heavy atom. The highest BCUT2D eigenvalue weighted by Gasteiger charge is 2.40. The molecule has 0 aliphatic carbocycles. The minimum atomic E-state index is -0.804. The summed E-state index contributed by atoms with van der Waals surface area (Å²) in [6, 6.07) is 7.68. The van der Waals surface area contributed by atoms with Crippen LogP contribution in [0.1, 0.15) is 57.7 Å². The van der Waals surface area contributed by atoms with E-state index in [4.69, 9.17) is 42.5 Å². The summed E-state index contributed by atoms with van der Waals surface area (Å²) in [5.41, 5.74) is 12.5. The van der Waals surface area contributed by atoms with E-state index in [0.717, 1.165) is 36.3 Å². The molecule has 3 aromatic heterocycles. The minimum Gasteiger partial charge on any atom is -0.489 e. The molecule has 3 atom stereocenters. The summed E-state index contributed by atoms with van der Waals surface area (Å²) in [5, 5.41) is 10.4. The van der Waals surface area contributed by atoms with Crippen LogP contribution in [0, 0.1) is 23.0 Å². The molecule has 0 spiro atoms. The number of nitriles is 1. The number of thiophene rings is 1. The lowest BCUT2D eigenvalue weighted by Crippen LogP contribution is -2.48. The van der Waals surface area contributed by atoms with Crippen molar-refractivity contribution in [2.45, 2.75) is 64.3 Å². The van der Waals surface area contributed by atoms with Crippen LogP contribution in [-0.4, -0.2) is 57.7 Å². The van der Waals surface area contributed by atoms with Gasteiger partial charge in [0.05, 0.1) is 32.8 Å². The van der Waals surface area contributed by atoms with Crippen LogP contribution in [0.5, 0.6) is 11.8 Å². The van der Waals surface area contributed by atoms with Gasteiger partial charge in [-0.25, -0.2) is 13.8 Å². The number of likely N-dealkylation sites (tertiary alicyclic amines) is 1. The van der Waals surface area contributed by atoms with Crippen LogP contribution in [0.4, 0.5) is 25.4 Å². The fraction of sp³-hybridized carbons (Fsp3) is 0.371. The second-order valence-corrected chi connectivity index (χ2v) is 14.6. The Labute approximate surface area is 291 Å². The van der Waals surface area contributed by atoms with E-state index in [1.165, 1.54) is 12.1 Å². The van der Waals surface area contributed by atoms with Gasteiger partial charge in [0, 0.05) is 28.8 Å². The molecular formula is C35H35ClF2N8O2S. The molecule has 2 aliphatic rings. The zero-order valence-electron chi connectivity index (χ0n) is 27.6. The summed E-state index contributed by atoms with van der Waals surface area (Å²) < 4.78 is 45.5. The summed E-state index contributed by atoms with van der Waals surface area (Å²) in [5.74, 6) is -0.537. The molecule has 5 aromatic rings. The van der Waals surface area contributed by atoms with Gasteiger partial charge < -0.3 is 25.8 Å². The number of hydrogen-bond acceptors (Lipinski definition) is 11. The Morgan fingerprint density at radius 2 is 1.98 bits per heavy atom. The van der Waals surface area contributed by atoms with E-state index in [1.54, 1.807) is 12.3 Å². The number of nitrogens with two attached hydrogens (primary N) is 2. The Balaban J connectivity index is 1.53. The monoisotopic (exact) mass is 704 g/mol. The maximum absolute atomic E-state index is 17.4. The summed E-state index contributed by atoms with van der Waals surface area (Å²) in [4.78, 5) is 18.2. The Bertz CT molecular complexity index is 2190. The fourth-order valence-corrected chi connectivity index (χ4v) is 8.71. The van der Waals surface area contributed by atoms with Crippen molar-refractivity contribution in [3.63, 3.8) is 0 Å². The van der Waals surface area contributed by atoms with Gasteiger partial charge in [-0.15, -0.1) is 11.3 Å². The molecule has 0 unspecified atom stereocenters. The smallest absolute Gasteiger partial charge is 0.319 e. The average molecular weight is 705 g/mol. The number of pyridine rings is 1. The molecule has 0 radical (unpaired) electrons. The second-order valence-electron chi connectivity index (χ2n) is 13.2. The van der Waals surface area contributed by atoms with Crippen molar-refractivity contribution in [2.75, 3.05) is 36.6 Å². The lowest BCUT2D eigenvalue weighted by atomic mass is 9.96. The molecule has 1 saturated heterocycles. The third-order valence-electron chi connectivity index (χ3n) is 9.75. The molecule has 5 heterocycles. The molecule has 2 aromatic carbocycles. The fourth-order valence-electron chi connectivity index (χ4n) is 7.43. The number of halogens is 3. The number of rotatable bonds is 6. The molecule has 254 valence electrons. The molecule has 1 fully saturated rings. The topological polar surface area (TPSA) is 139 Å². The first-order valence-corrected chi connectivity index (χ1v) is 17.2. The highest BCUT2D eigenvalue weighted by atomic mass is 35.5. The summed E-state index contributed by atoms with van der Waals surface area (Å²) in [6.07, 6.45) is 3.56. The first kappa shape index (κ1) is 33.0. The number of anilines is 3. The van der Waals surface area contributed by atoms with Crippen LogP contribution in [0.15, 0.2) is 30.5 Å². The van der Waals surface area contributed by atoms with E-state index in [9.17, 15) is 5.26 Å². The van der Waals surface area contributed by atoms with E-state index in [-0.39, 0.29) is 84.2 Å². The van der Waals surface area contributed by atoms with Crippen LogP contribution in [0.2, 0.25) is 5.02 Å². The number of ether oxygens (including phenoxy) is 2. The SMILES string of the molecule is C[C@H](c1cccnc1N)N1c2nc(OC(C)(C)[C@H]3CCCN3C)nc3c(F)c(-c4ccc(F)c5sc(N)c(C#N)c45)c(Cl)c(c23)OC[C@@H]1C. The Kier molecular flexibility index (Phi) is 8.16. The number of benzene rings is 2. The van der Waals surface area contributed by atoms with Crippen molar-refractivity contribution < 1.29 is 18.3 Å². The third-order valence-corrected chi connectivity index (χ3v) is 11.1. The predicted octanol–water partition coefficient (Wildman–Crippen LogP) is 7.47. The van der Waals surface area contributed by atoms with Gasteiger partial charge in [-0.2, -0.15) is 15.2 Å². The van der Waals surface area contributed by atoms with E-state index in [1.807, 2.05) is 38.7 Å². The van der Waals surface area contributed by atoms with Crippen molar-refractivity contribution in [3.8, 4) is 29.0 Å². The number of hydrogen-bond donors (Lipinski definition) is 2. The lowest BCUT2D eigenvalue weighted by Gasteiger charge is -2.37. The molecule has 10 nitrogen and oxygen atoms in total. The number of likely N-dealkylation sites (N-methyl/N-ethyl adjacent to an activating group) is 1. The molecule has 4 N–H and O–H groups in total. The van der Waals surface area contributed by atoms with Gasteiger partial charge in [0.25, 0.3) is 0 Å². The molecule has 14 heteroatoms. The molecule has 0 saturated carbocycles. The van der Waals surface area contributed by atoms with Crippen molar-refractivity contribution in [1.29, 1.82) is 5.26 Å². The summed E-state index contributed by atoms with van der Waals surface area (Å²) in [7, 11) is 2.05. The average Bonchev–Trinajstić information content (AvgIpc) is 3.61. The van der Waals surface area contributed by atoms with Crippen LogP contribution in [0.25, 0.3) is 32.1 Å². The zero-order chi connectivity index (χ0) is 34.9. The normalized spacial score (nSPS) is 18.8. The number of nitrogens with zero attached hydrogens (tertiary/aromatic N) is 6. The lowest BCUT2D eigenvalue weighted by molar-refractivity contribution is 0.0218. The van der Waals surface area contributed by atoms with Gasteiger partial charge >= 0.3 is 6.01 Å². The molecule has 0 bridgehead atoms. The van der Waals surface area contributed by atoms with E-state index < -0.39 is 17.2 Å². The van der Waals surface area contributed by atoms with Gasteiger partial charge in [-0.05, 0) is 71.8 Å². The largest absolute Gasteiger partial charge is 0.489 e. The van der Waals surface area contributed by atoms with Crippen LogP contribution in [0.3, 0.4) is 0 Å². The molecule has 2 aliphatic heterocycles. The van der Waals surface area contributed by atoms with Crippen molar-refractivity contribution in [1.82, 2.24) is 19.9 Å². The molecular weight excluding hydrogens is 670 g/mol. The third kappa shape index (κ3) is 5.24. The van der Waals surface area contributed by atoms with Crippen molar-refractivity contribution in [3.05, 3.63) is 58.2 Å². The maximum atomic E-state index is 17.4. The highest BCUT2D eigenvalue weighted by molar-refractivity contribution is 7.23. The number of aromatic nitrogens is 3. The van der Waals surface area contributed by atoms with E-state index >= 15 is 8.78 Å². The summed E-state index contributed by atoms with van der Waals surface area (Å²) >= 11 is 8.02. The van der Waals surface area contributed by atoms with Crippen LogP contribution in [-0.2, 0) is 0 Å². The zero-order valence-corrected chi connectivity index (χ0v) is 29.2. The van der Waals surface area contributed by atoms with Gasteiger partial charge in [0.15, 0.2) is 11.6 Å². The summed E-state index contributed by atoms with van der Waals surface area (Å²) in [6.45, 7) is 8.94. The molecule has 0 amide bonds. The first-order chi connectivity index (χ1) is 23.3. The predicted molar refractivity (Wildman–Crippen MR) is 189 cm³/mol. The van der Waals surface area contributed by atoms with Gasteiger partial charge in [0.2, 0.25) is 0 Å². The van der Waals surface area contributed by atoms with Crippen LogP contribution >= 0.6 is 22.9 Å². The van der Waals surface area contributed by atoms with Crippen molar-refractivity contribution >= 4 is 60.6 Å². The Morgan fingerprint density at radius 1 is 1.20 bits per heavy atom.